The third-order valence-electron chi connectivity index (χ3n) is 7.49. The molecule has 0 bridgehead atoms. The summed E-state index contributed by atoms with van der Waals surface area (Å²) in [5.74, 6) is 0. The van der Waals surface area contributed by atoms with Gasteiger partial charge >= 0.3 is 0 Å². The highest BCUT2D eigenvalue weighted by Crippen LogP contribution is 2.43. The van der Waals surface area contributed by atoms with E-state index in [1.165, 1.54) is 76.8 Å². The van der Waals surface area contributed by atoms with E-state index in [2.05, 4.69) is 107 Å². The van der Waals surface area contributed by atoms with E-state index >= 15 is 0 Å². The summed E-state index contributed by atoms with van der Waals surface area (Å²) in [7, 11) is 2.20. The van der Waals surface area contributed by atoms with E-state index in [0.29, 0.717) is 0 Å². The second kappa shape index (κ2) is 6.47. The van der Waals surface area contributed by atoms with Crippen LogP contribution in [0.15, 0.2) is 42.6 Å². The van der Waals surface area contributed by atoms with Gasteiger partial charge in [0.2, 0.25) is 5.52 Å². The second-order valence-corrected chi connectivity index (χ2v) is 11.5. The highest BCUT2D eigenvalue weighted by molar-refractivity contribution is 6.26. The van der Waals surface area contributed by atoms with Crippen molar-refractivity contribution in [1.29, 1.82) is 0 Å². The van der Waals surface area contributed by atoms with Crippen molar-refractivity contribution in [3.8, 4) is 0 Å². The third kappa shape index (κ3) is 2.76. The first-order valence-electron chi connectivity index (χ1n) is 12.1. The number of rotatable bonds is 1. The monoisotopic (exact) mass is 433 g/mol. The number of pyridine rings is 2. The predicted octanol–water partition coefficient (Wildman–Crippen LogP) is 7.64. The molecule has 2 heteroatoms. The summed E-state index contributed by atoms with van der Waals surface area (Å²) < 4.78 is 4.92. The van der Waals surface area contributed by atoms with E-state index in [1.54, 1.807) is 0 Å². The quantitative estimate of drug-likeness (QED) is 0.143. The molecule has 0 N–H and O–H groups in total. The SMILES string of the molecule is Cc1cc(C)c2c(c1)c1cc(C)c(C)c3c1n2c1cc(CC(C)(C)C)cc2cc[n+](C)c3c21. The van der Waals surface area contributed by atoms with Gasteiger partial charge < -0.3 is 4.40 Å². The lowest BCUT2D eigenvalue weighted by molar-refractivity contribution is -0.643. The van der Waals surface area contributed by atoms with Crippen LogP contribution in [0.3, 0.4) is 0 Å². The number of nitrogens with zero attached hydrogens (tertiary/aromatic N) is 2. The first-order valence-corrected chi connectivity index (χ1v) is 12.1. The molecule has 0 spiro atoms. The van der Waals surface area contributed by atoms with Crippen LogP contribution in [-0.4, -0.2) is 4.40 Å². The van der Waals surface area contributed by atoms with Crippen LogP contribution in [0, 0.1) is 33.1 Å². The second-order valence-electron chi connectivity index (χ2n) is 11.5. The maximum absolute atomic E-state index is 2.59. The van der Waals surface area contributed by atoms with Gasteiger partial charge in [-0.3, -0.25) is 0 Å². The minimum Gasteiger partial charge on any atom is -0.307 e. The Morgan fingerprint density at radius 2 is 1.55 bits per heavy atom. The Labute approximate surface area is 195 Å². The van der Waals surface area contributed by atoms with Gasteiger partial charge in [0, 0.05) is 16.8 Å². The Bertz CT molecular complexity index is 1760. The molecule has 0 radical (unpaired) electrons. The molecule has 0 saturated carbocycles. The molecule has 3 heterocycles. The molecule has 0 aliphatic rings. The van der Waals surface area contributed by atoms with Crippen molar-refractivity contribution in [2.75, 3.05) is 0 Å². The number of aromatic nitrogens is 2. The molecule has 166 valence electrons. The van der Waals surface area contributed by atoms with E-state index in [-0.39, 0.29) is 5.41 Å². The van der Waals surface area contributed by atoms with Crippen molar-refractivity contribution in [2.45, 2.75) is 54.9 Å². The minimum atomic E-state index is 0.240. The standard InChI is InChI=1S/C31H33N2/c1-17-11-19(3)28-23(12-17)24-13-18(2)20(4)26-29(24)33(28)25-15-21(16-31(5,6)7)14-22-9-10-32(8)30(26)27(22)25/h9-15H,16H2,1-8H3/q+1. The molecule has 0 aliphatic heterocycles. The normalized spacial score (nSPS) is 13.0. The summed E-state index contributed by atoms with van der Waals surface area (Å²) in [6, 6.07) is 14.3. The molecule has 0 amide bonds. The molecular formula is C31H33N2+. The lowest BCUT2D eigenvalue weighted by Crippen LogP contribution is -2.29. The van der Waals surface area contributed by atoms with Crippen molar-refractivity contribution in [3.05, 3.63) is 70.4 Å². The zero-order valence-electron chi connectivity index (χ0n) is 21.1. The van der Waals surface area contributed by atoms with Crippen molar-refractivity contribution in [1.82, 2.24) is 4.40 Å². The zero-order valence-corrected chi connectivity index (χ0v) is 21.1. The fraction of sp³-hybridized carbons (Fsp3) is 0.323. The van der Waals surface area contributed by atoms with Gasteiger partial charge in [-0.2, -0.15) is 0 Å². The van der Waals surface area contributed by atoms with Crippen LogP contribution >= 0.6 is 0 Å². The smallest absolute Gasteiger partial charge is 0.224 e. The molecule has 6 rings (SSSR count). The number of hydrogen-bond acceptors (Lipinski definition) is 0. The molecule has 3 aromatic carbocycles. The van der Waals surface area contributed by atoms with E-state index in [4.69, 9.17) is 0 Å². The van der Waals surface area contributed by atoms with Crippen LogP contribution in [0.2, 0.25) is 0 Å². The van der Waals surface area contributed by atoms with Crippen molar-refractivity contribution >= 4 is 49.0 Å². The maximum Gasteiger partial charge on any atom is 0.224 e. The molecule has 6 aromatic rings. The molecule has 0 aliphatic carbocycles. The van der Waals surface area contributed by atoms with Gasteiger partial charge in [-0.05, 0) is 85.4 Å². The summed E-state index contributed by atoms with van der Waals surface area (Å²) in [6.45, 7) is 16.0. The fourth-order valence-electron chi connectivity index (χ4n) is 6.18. The largest absolute Gasteiger partial charge is 0.307 e. The van der Waals surface area contributed by atoms with Crippen molar-refractivity contribution in [2.24, 2.45) is 12.5 Å². The van der Waals surface area contributed by atoms with E-state index < -0.39 is 0 Å². The van der Waals surface area contributed by atoms with Gasteiger partial charge in [0.05, 0.1) is 27.3 Å². The molecule has 3 aromatic heterocycles. The van der Waals surface area contributed by atoms with Gasteiger partial charge in [-0.1, -0.05) is 38.5 Å². The highest BCUT2D eigenvalue weighted by Gasteiger charge is 2.26. The van der Waals surface area contributed by atoms with Crippen LogP contribution < -0.4 is 4.57 Å². The summed E-state index contributed by atoms with van der Waals surface area (Å²) in [4.78, 5) is 0. The minimum absolute atomic E-state index is 0.240. The molecule has 33 heavy (non-hydrogen) atoms. The Balaban J connectivity index is 2.01. The van der Waals surface area contributed by atoms with Gasteiger partial charge in [-0.15, -0.1) is 0 Å². The molecule has 0 fully saturated rings. The summed E-state index contributed by atoms with van der Waals surface area (Å²) in [6.07, 6.45) is 3.30. The van der Waals surface area contributed by atoms with Gasteiger partial charge in [0.1, 0.15) is 7.05 Å². The van der Waals surface area contributed by atoms with Crippen molar-refractivity contribution in [3.63, 3.8) is 0 Å². The number of aryl methyl sites for hydroxylation is 5. The molecular weight excluding hydrogens is 400 g/mol. The highest BCUT2D eigenvalue weighted by atomic mass is 15.0. The molecule has 0 saturated heterocycles. The van der Waals surface area contributed by atoms with Crippen molar-refractivity contribution < 1.29 is 4.57 Å². The molecule has 0 unspecified atom stereocenters. The molecule has 2 nitrogen and oxygen atoms in total. The topological polar surface area (TPSA) is 8.29 Å². The van der Waals surface area contributed by atoms with Crippen LogP contribution in [0.5, 0.6) is 0 Å². The Morgan fingerprint density at radius 1 is 0.818 bits per heavy atom. The van der Waals surface area contributed by atoms with Gasteiger partial charge in [0.25, 0.3) is 0 Å². The van der Waals surface area contributed by atoms with Crippen LogP contribution in [0.4, 0.5) is 0 Å². The summed E-state index contributed by atoms with van der Waals surface area (Å²) in [5.41, 5.74) is 12.5. The first-order chi connectivity index (χ1) is 15.5. The summed E-state index contributed by atoms with van der Waals surface area (Å²) in [5, 5.41) is 6.85. The first kappa shape index (κ1) is 20.5. The Morgan fingerprint density at radius 3 is 2.27 bits per heavy atom. The average molecular weight is 434 g/mol. The maximum atomic E-state index is 2.59. The average Bonchev–Trinajstić information content (AvgIpc) is 3.03. The van der Waals surface area contributed by atoms with Crippen LogP contribution in [-0.2, 0) is 13.5 Å². The van der Waals surface area contributed by atoms with Crippen LogP contribution in [0.1, 0.15) is 48.6 Å². The zero-order chi connectivity index (χ0) is 23.4. The third-order valence-corrected chi connectivity index (χ3v) is 7.49. The lowest BCUT2D eigenvalue weighted by Gasteiger charge is -2.20. The Hall–Kier alpha value is -3.13. The lowest BCUT2D eigenvalue weighted by atomic mass is 9.87. The number of benzene rings is 3. The Kier molecular flexibility index (Phi) is 4.01. The molecule has 0 atom stereocenters. The van der Waals surface area contributed by atoms with Crippen LogP contribution in [0.25, 0.3) is 49.0 Å². The number of hydrogen-bond donors (Lipinski definition) is 0. The van der Waals surface area contributed by atoms with Gasteiger partial charge in [0.15, 0.2) is 6.20 Å². The van der Waals surface area contributed by atoms with E-state index in [1.807, 2.05) is 0 Å². The predicted molar refractivity (Wildman–Crippen MR) is 142 cm³/mol. The van der Waals surface area contributed by atoms with Gasteiger partial charge in [-0.25, -0.2) is 4.57 Å². The van der Waals surface area contributed by atoms with E-state index in [9.17, 15) is 0 Å². The van der Waals surface area contributed by atoms with E-state index in [0.717, 1.165) is 6.42 Å². The summed E-state index contributed by atoms with van der Waals surface area (Å²) >= 11 is 0. The fourth-order valence-corrected chi connectivity index (χ4v) is 6.18. The number of fused-ring (bicyclic) bond motifs is 5.